The van der Waals surface area contributed by atoms with Crippen molar-refractivity contribution < 1.29 is 9.84 Å². The quantitative estimate of drug-likeness (QED) is 0.922. The van der Waals surface area contributed by atoms with Crippen LogP contribution in [-0.2, 0) is 0 Å². The zero-order valence-corrected chi connectivity index (χ0v) is 11.5. The Hall–Kier alpha value is -0.540. The van der Waals surface area contributed by atoms with E-state index in [-0.39, 0.29) is 11.5 Å². The Bertz CT molecular complexity index is 342. The van der Waals surface area contributed by atoms with Crippen molar-refractivity contribution in [2.24, 2.45) is 5.41 Å². The van der Waals surface area contributed by atoms with Crippen molar-refractivity contribution >= 4 is 15.9 Å². The van der Waals surface area contributed by atoms with Gasteiger partial charge in [0.25, 0.3) is 0 Å². The molecule has 2 nitrogen and oxygen atoms in total. The van der Waals surface area contributed by atoms with E-state index < -0.39 is 6.10 Å². The average molecular weight is 286 g/mol. The maximum absolute atomic E-state index is 9.63. The van der Waals surface area contributed by atoms with Crippen LogP contribution in [0.1, 0.15) is 20.8 Å². The van der Waals surface area contributed by atoms with Crippen molar-refractivity contribution in [2.45, 2.75) is 33.0 Å². The van der Waals surface area contributed by atoms with Crippen LogP contribution in [0.5, 0.6) is 5.75 Å². The summed E-state index contributed by atoms with van der Waals surface area (Å²) in [5.41, 5.74) is -0.163. The molecule has 0 amide bonds. The Kier molecular flexibility index (Phi) is 4.39. The third kappa shape index (κ3) is 3.80. The summed E-state index contributed by atoms with van der Waals surface area (Å²) in [6.07, 6.45) is -1.08. The molecule has 1 N–H and O–H groups in total. The molecule has 2 unspecified atom stereocenters. The number of rotatable bonds is 3. The zero-order chi connectivity index (χ0) is 12.3. The Labute approximate surface area is 106 Å². The first-order chi connectivity index (χ1) is 7.30. The standard InChI is InChI=1S/C13H18BrO2/c1-9(15)12(13(2,3)4)16-11-7-5-6-10(14)8-11/h5-9,12,15H,1H2,2-4H3. The minimum atomic E-state index is -0.751. The largest absolute Gasteiger partial charge is 0.487 e. The highest BCUT2D eigenvalue weighted by Gasteiger charge is 2.30. The lowest BCUT2D eigenvalue weighted by atomic mass is 9.86. The summed E-state index contributed by atoms with van der Waals surface area (Å²) in [4.78, 5) is 0. The summed E-state index contributed by atoms with van der Waals surface area (Å²) in [6.45, 7) is 9.70. The predicted molar refractivity (Wildman–Crippen MR) is 69.4 cm³/mol. The Morgan fingerprint density at radius 1 is 1.38 bits per heavy atom. The molecule has 1 aromatic carbocycles. The van der Waals surface area contributed by atoms with E-state index in [0.717, 1.165) is 10.2 Å². The van der Waals surface area contributed by atoms with Gasteiger partial charge in [0.05, 0.1) is 6.10 Å². The number of aliphatic hydroxyl groups is 1. The minimum Gasteiger partial charge on any atom is -0.487 e. The van der Waals surface area contributed by atoms with Crippen molar-refractivity contribution in [3.05, 3.63) is 35.7 Å². The highest BCUT2D eigenvalue weighted by atomic mass is 79.9. The summed E-state index contributed by atoms with van der Waals surface area (Å²) >= 11 is 3.38. The molecule has 0 fully saturated rings. The van der Waals surface area contributed by atoms with E-state index in [0.29, 0.717) is 0 Å². The lowest BCUT2D eigenvalue weighted by molar-refractivity contribution is -0.00486. The van der Waals surface area contributed by atoms with Crippen LogP contribution in [0.3, 0.4) is 0 Å². The smallest absolute Gasteiger partial charge is 0.129 e. The molecule has 0 bridgehead atoms. The second kappa shape index (κ2) is 5.19. The molecule has 1 aromatic rings. The monoisotopic (exact) mass is 285 g/mol. The number of ether oxygens (including phenoxy) is 1. The van der Waals surface area contributed by atoms with Gasteiger partial charge in [-0.1, -0.05) is 42.8 Å². The molecular weight excluding hydrogens is 268 g/mol. The van der Waals surface area contributed by atoms with Gasteiger partial charge in [-0.15, -0.1) is 0 Å². The van der Waals surface area contributed by atoms with Crippen molar-refractivity contribution in [3.8, 4) is 5.75 Å². The van der Waals surface area contributed by atoms with Gasteiger partial charge in [0, 0.05) is 9.89 Å². The van der Waals surface area contributed by atoms with Crippen LogP contribution < -0.4 is 4.74 Å². The van der Waals surface area contributed by atoms with E-state index in [9.17, 15) is 5.11 Å². The first-order valence-corrected chi connectivity index (χ1v) is 6.03. The maximum atomic E-state index is 9.63. The lowest BCUT2D eigenvalue weighted by Crippen LogP contribution is -2.41. The van der Waals surface area contributed by atoms with Crippen LogP contribution in [-0.4, -0.2) is 17.3 Å². The number of benzene rings is 1. The summed E-state index contributed by atoms with van der Waals surface area (Å²) in [7, 11) is 0. The second-order valence-corrected chi connectivity index (χ2v) is 5.84. The SMILES string of the molecule is [CH2]C(O)C(Oc1cccc(Br)c1)C(C)(C)C. The summed E-state index contributed by atoms with van der Waals surface area (Å²) in [5, 5.41) is 9.63. The first kappa shape index (κ1) is 13.5. The van der Waals surface area contributed by atoms with Crippen molar-refractivity contribution in [1.29, 1.82) is 0 Å². The number of hydrogen-bond donors (Lipinski definition) is 1. The molecular formula is C13H18BrO2. The molecule has 0 spiro atoms. The molecule has 89 valence electrons. The van der Waals surface area contributed by atoms with Crippen molar-refractivity contribution in [2.75, 3.05) is 0 Å². The summed E-state index contributed by atoms with van der Waals surface area (Å²) in [6, 6.07) is 7.57. The van der Waals surface area contributed by atoms with E-state index in [4.69, 9.17) is 4.74 Å². The molecule has 0 heterocycles. The van der Waals surface area contributed by atoms with Gasteiger partial charge in [0.2, 0.25) is 0 Å². The molecule has 0 aromatic heterocycles. The normalized spacial score (nSPS) is 15.6. The second-order valence-electron chi connectivity index (χ2n) is 4.93. The molecule has 2 atom stereocenters. The third-order valence-corrected chi connectivity index (χ3v) is 2.76. The predicted octanol–water partition coefficient (Wildman–Crippen LogP) is 3.44. The topological polar surface area (TPSA) is 29.5 Å². The van der Waals surface area contributed by atoms with Crippen LogP contribution in [0.2, 0.25) is 0 Å². The highest BCUT2D eigenvalue weighted by molar-refractivity contribution is 9.10. The molecule has 0 aliphatic carbocycles. The van der Waals surface area contributed by atoms with E-state index in [1.165, 1.54) is 0 Å². The molecule has 16 heavy (non-hydrogen) atoms. The average Bonchev–Trinajstić information content (AvgIpc) is 2.12. The number of hydrogen-bond acceptors (Lipinski definition) is 2. The van der Waals surface area contributed by atoms with Gasteiger partial charge in [0.15, 0.2) is 0 Å². The zero-order valence-electron chi connectivity index (χ0n) is 9.90. The van der Waals surface area contributed by atoms with E-state index >= 15 is 0 Å². The van der Waals surface area contributed by atoms with Crippen molar-refractivity contribution in [3.63, 3.8) is 0 Å². The maximum Gasteiger partial charge on any atom is 0.129 e. The molecule has 0 aliphatic rings. The molecule has 0 saturated heterocycles. The van der Waals surface area contributed by atoms with Gasteiger partial charge in [-0.3, -0.25) is 0 Å². The fourth-order valence-corrected chi connectivity index (χ4v) is 1.90. The van der Waals surface area contributed by atoms with Gasteiger partial charge in [-0.2, -0.15) is 0 Å². The van der Waals surface area contributed by atoms with Crippen LogP contribution in [0, 0.1) is 12.3 Å². The third-order valence-electron chi connectivity index (χ3n) is 2.26. The van der Waals surface area contributed by atoms with E-state index in [1.807, 2.05) is 45.0 Å². The Balaban J connectivity index is 2.84. The van der Waals surface area contributed by atoms with Crippen molar-refractivity contribution in [1.82, 2.24) is 0 Å². The van der Waals surface area contributed by atoms with Gasteiger partial charge < -0.3 is 9.84 Å². The molecule has 3 heteroatoms. The Morgan fingerprint density at radius 2 is 2.00 bits per heavy atom. The first-order valence-electron chi connectivity index (χ1n) is 5.24. The number of halogens is 1. The lowest BCUT2D eigenvalue weighted by Gasteiger charge is -2.33. The van der Waals surface area contributed by atoms with Gasteiger partial charge in [-0.05, 0) is 25.1 Å². The summed E-state index contributed by atoms with van der Waals surface area (Å²) < 4.78 is 6.73. The fourth-order valence-electron chi connectivity index (χ4n) is 1.52. The molecule has 1 rings (SSSR count). The van der Waals surface area contributed by atoms with Crippen LogP contribution in [0.15, 0.2) is 28.7 Å². The highest BCUT2D eigenvalue weighted by Crippen LogP contribution is 2.28. The van der Waals surface area contributed by atoms with Crippen LogP contribution in [0.25, 0.3) is 0 Å². The van der Waals surface area contributed by atoms with E-state index in [1.54, 1.807) is 0 Å². The van der Waals surface area contributed by atoms with Gasteiger partial charge in [0.1, 0.15) is 11.9 Å². The van der Waals surface area contributed by atoms with Crippen LogP contribution >= 0.6 is 15.9 Å². The Morgan fingerprint density at radius 3 is 2.44 bits per heavy atom. The van der Waals surface area contributed by atoms with Gasteiger partial charge >= 0.3 is 0 Å². The van der Waals surface area contributed by atoms with Gasteiger partial charge in [-0.25, -0.2) is 0 Å². The van der Waals surface area contributed by atoms with Crippen LogP contribution in [0.4, 0.5) is 0 Å². The molecule has 0 saturated carbocycles. The summed E-state index contributed by atoms with van der Waals surface area (Å²) in [5.74, 6) is 0.733. The molecule has 1 radical (unpaired) electrons. The minimum absolute atomic E-state index is 0.163. The molecule has 0 aliphatic heterocycles. The fraction of sp³-hybridized carbons (Fsp3) is 0.462. The van der Waals surface area contributed by atoms with E-state index in [2.05, 4.69) is 22.9 Å². The number of aliphatic hydroxyl groups excluding tert-OH is 1.